The highest BCUT2D eigenvalue weighted by molar-refractivity contribution is 5.47. The molecular formula is C15H20FN5. The molecule has 4 N–H and O–H groups in total. The van der Waals surface area contributed by atoms with Gasteiger partial charge in [-0.3, -0.25) is 0 Å². The van der Waals surface area contributed by atoms with Gasteiger partial charge in [0.15, 0.2) is 0 Å². The van der Waals surface area contributed by atoms with Gasteiger partial charge in [-0.2, -0.15) is 0 Å². The number of anilines is 2. The summed E-state index contributed by atoms with van der Waals surface area (Å²) in [6, 6.07) is 8.49. The van der Waals surface area contributed by atoms with E-state index in [9.17, 15) is 4.39 Å². The number of hydrazine groups is 1. The molecule has 1 aromatic heterocycles. The van der Waals surface area contributed by atoms with Crippen molar-refractivity contribution in [1.29, 1.82) is 0 Å². The summed E-state index contributed by atoms with van der Waals surface area (Å²) < 4.78 is 13.5. The second-order valence-corrected chi connectivity index (χ2v) is 5.06. The molecule has 21 heavy (non-hydrogen) atoms. The minimum Gasteiger partial charge on any atom is -0.370 e. The summed E-state index contributed by atoms with van der Waals surface area (Å²) in [7, 11) is 0. The fourth-order valence-corrected chi connectivity index (χ4v) is 1.91. The van der Waals surface area contributed by atoms with Gasteiger partial charge in [0.05, 0.1) is 0 Å². The fourth-order valence-electron chi connectivity index (χ4n) is 1.91. The van der Waals surface area contributed by atoms with Crippen LogP contribution in [0.4, 0.5) is 16.0 Å². The van der Waals surface area contributed by atoms with Crippen molar-refractivity contribution in [3.63, 3.8) is 0 Å². The Balaban J connectivity index is 2.03. The molecule has 0 saturated carbocycles. The molecule has 0 fully saturated rings. The third kappa shape index (κ3) is 4.13. The number of benzene rings is 1. The quantitative estimate of drug-likeness (QED) is 0.563. The molecule has 0 bridgehead atoms. The van der Waals surface area contributed by atoms with E-state index in [2.05, 4.69) is 20.7 Å². The van der Waals surface area contributed by atoms with Crippen LogP contribution in [0.5, 0.6) is 0 Å². The van der Waals surface area contributed by atoms with Crippen LogP contribution in [-0.2, 0) is 6.42 Å². The van der Waals surface area contributed by atoms with Gasteiger partial charge in [0.25, 0.3) is 0 Å². The van der Waals surface area contributed by atoms with E-state index in [0.717, 1.165) is 0 Å². The lowest BCUT2D eigenvalue weighted by Gasteiger charge is -2.11. The third-order valence-electron chi connectivity index (χ3n) is 3.07. The van der Waals surface area contributed by atoms with Crippen LogP contribution in [0.25, 0.3) is 0 Å². The highest BCUT2D eigenvalue weighted by Gasteiger charge is 2.07. The Morgan fingerprint density at radius 1 is 1.19 bits per heavy atom. The molecule has 0 atom stereocenters. The molecular weight excluding hydrogens is 269 g/mol. The number of nitrogens with one attached hydrogen (secondary N) is 2. The molecule has 0 aliphatic carbocycles. The predicted octanol–water partition coefficient (Wildman–Crippen LogP) is 2.68. The summed E-state index contributed by atoms with van der Waals surface area (Å²) in [6.45, 7) is 4.61. The molecule has 2 rings (SSSR count). The molecule has 0 saturated heterocycles. The predicted molar refractivity (Wildman–Crippen MR) is 82.5 cm³/mol. The van der Waals surface area contributed by atoms with Gasteiger partial charge in [-0.1, -0.05) is 32.0 Å². The summed E-state index contributed by atoms with van der Waals surface area (Å²) >= 11 is 0. The molecule has 1 heterocycles. The van der Waals surface area contributed by atoms with Gasteiger partial charge in [0.2, 0.25) is 0 Å². The average molecular weight is 289 g/mol. The van der Waals surface area contributed by atoms with E-state index in [1.807, 2.05) is 19.9 Å². The lowest BCUT2D eigenvalue weighted by molar-refractivity contribution is 0.610. The number of nitrogens with zero attached hydrogens (tertiary/aromatic N) is 2. The van der Waals surface area contributed by atoms with Gasteiger partial charge in [-0.25, -0.2) is 20.2 Å². The first-order valence-electron chi connectivity index (χ1n) is 6.93. The Kier molecular flexibility index (Phi) is 5.05. The number of hydrogen-bond donors (Lipinski definition) is 3. The van der Waals surface area contributed by atoms with Crippen LogP contribution in [0, 0.1) is 5.82 Å². The van der Waals surface area contributed by atoms with E-state index in [-0.39, 0.29) is 11.7 Å². The monoisotopic (exact) mass is 289 g/mol. The summed E-state index contributed by atoms with van der Waals surface area (Å²) in [5.74, 6) is 7.37. The van der Waals surface area contributed by atoms with E-state index >= 15 is 0 Å². The first kappa shape index (κ1) is 15.2. The van der Waals surface area contributed by atoms with E-state index in [4.69, 9.17) is 5.84 Å². The Labute approximate surface area is 123 Å². The summed E-state index contributed by atoms with van der Waals surface area (Å²) in [6.07, 6.45) is 0.582. The maximum absolute atomic E-state index is 13.5. The Bertz CT molecular complexity index is 600. The number of halogens is 1. The molecule has 112 valence electrons. The van der Waals surface area contributed by atoms with Crippen molar-refractivity contribution in [2.24, 2.45) is 5.84 Å². The van der Waals surface area contributed by atoms with E-state index in [1.54, 1.807) is 18.2 Å². The molecule has 5 nitrogen and oxygen atoms in total. The topological polar surface area (TPSA) is 75.9 Å². The zero-order valence-corrected chi connectivity index (χ0v) is 12.2. The molecule has 0 unspecified atom stereocenters. The Morgan fingerprint density at radius 3 is 2.57 bits per heavy atom. The maximum Gasteiger partial charge on any atom is 0.145 e. The minimum atomic E-state index is -0.186. The third-order valence-corrected chi connectivity index (χ3v) is 3.07. The van der Waals surface area contributed by atoms with Crippen molar-refractivity contribution >= 4 is 11.6 Å². The second kappa shape index (κ2) is 6.99. The molecule has 1 aromatic carbocycles. The molecule has 0 radical (unpaired) electrons. The number of hydrogen-bond acceptors (Lipinski definition) is 5. The van der Waals surface area contributed by atoms with Crippen molar-refractivity contribution < 1.29 is 4.39 Å². The second-order valence-electron chi connectivity index (χ2n) is 5.06. The highest BCUT2D eigenvalue weighted by atomic mass is 19.1. The molecule has 6 heteroatoms. The largest absolute Gasteiger partial charge is 0.370 e. The Morgan fingerprint density at radius 2 is 1.90 bits per heavy atom. The number of nitrogens with two attached hydrogens (primary N) is 1. The molecule has 2 aromatic rings. The number of nitrogen functional groups attached to an aromatic ring is 1. The zero-order chi connectivity index (χ0) is 15.2. The summed E-state index contributed by atoms with van der Waals surface area (Å²) in [5.41, 5.74) is 3.21. The van der Waals surface area contributed by atoms with Gasteiger partial charge in [0.1, 0.15) is 23.3 Å². The van der Waals surface area contributed by atoms with E-state index in [1.165, 1.54) is 6.07 Å². The molecule has 0 spiro atoms. The summed E-state index contributed by atoms with van der Waals surface area (Å²) in [5, 5.41) is 3.18. The van der Waals surface area contributed by atoms with E-state index < -0.39 is 0 Å². The van der Waals surface area contributed by atoms with Crippen LogP contribution in [0.1, 0.15) is 31.2 Å². The van der Waals surface area contributed by atoms with Crippen molar-refractivity contribution in [3.8, 4) is 0 Å². The normalized spacial score (nSPS) is 10.7. The van der Waals surface area contributed by atoms with Crippen LogP contribution in [0.2, 0.25) is 0 Å². The number of rotatable bonds is 6. The maximum atomic E-state index is 13.5. The lowest BCUT2D eigenvalue weighted by atomic mass is 10.1. The molecule has 0 aliphatic rings. The lowest BCUT2D eigenvalue weighted by Crippen LogP contribution is -2.14. The smallest absolute Gasteiger partial charge is 0.145 e. The molecule has 0 amide bonds. The Hall–Kier alpha value is -2.21. The van der Waals surface area contributed by atoms with Gasteiger partial charge in [0, 0.05) is 18.5 Å². The van der Waals surface area contributed by atoms with Gasteiger partial charge in [-0.15, -0.1) is 0 Å². The van der Waals surface area contributed by atoms with Crippen molar-refractivity contribution in [1.82, 2.24) is 9.97 Å². The van der Waals surface area contributed by atoms with Crippen LogP contribution >= 0.6 is 0 Å². The van der Waals surface area contributed by atoms with Gasteiger partial charge >= 0.3 is 0 Å². The minimum absolute atomic E-state index is 0.186. The zero-order valence-electron chi connectivity index (χ0n) is 12.2. The van der Waals surface area contributed by atoms with Gasteiger partial charge in [-0.05, 0) is 18.1 Å². The SMILES string of the molecule is CC(C)c1nc(NN)cc(NCCc2ccccc2F)n1. The fraction of sp³-hybridized carbons (Fsp3) is 0.333. The van der Waals surface area contributed by atoms with Crippen molar-refractivity contribution in [2.45, 2.75) is 26.2 Å². The van der Waals surface area contributed by atoms with Crippen LogP contribution in [0.15, 0.2) is 30.3 Å². The number of aromatic nitrogens is 2. The first-order valence-corrected chi connectivity index (χ1v) is 6.93. The molecule has 0 aliphatic heterocycles. The van der Waals surface area contributed by atoms with Crippen molar-refractivity contribution in [2.75, 3.05) is 17.3 Å². The van der Waals surface area contributed by atoms with Crippen LogP contribution in [0.3, 0.4) is 0 Å². The summed E-state index contributed by atoms with van der Waals surface area (Å²) in [4.78, 5) is 8.71. The van der Waals surface area contributed by atoms with E-state index in [0.29, 0.717) is 36.0 Å². The average Bonchev–Trinajstić information content (AvgIpc) is 2.49. The first-order chi connectivity index (χ1) is 10.1. The van der Waals surface area contributed by atoms with Crippen LogP contribution in [-0.4, -0.2) is 16.5 Å². The van der Waals surface area contributed by atoms with Crippen molar-refractivity contribution in [3.05, 3.63) is 47.5 Å². The van der Waals surface area contributed by atoms with Crippen LogP contribution < -0.4 is 16.6 Å². The highest BCUT2D eigenvalue weighted by Crippen LogP contribution is 2.16. The standard InChI is InChI=1S/C15H20FN5/c1-10(2)15-19-13(9-14(20-15)21-17)18-8-7-11-5-3-4-6-12(11)16/h3-6,9-10H,7-8,17H2,1-2H3,(H2,18,19,20,21). The van der Waals surface area contributed by atoms with Gasteiger partial charge < -0.3 is 10.7 Å².